The number of hydrogen-bond acceptors (Lipinski definition) is 5. The second-order valence-electron chi connectivity index (χ2n) is 3.20. The van der Waals surface area contributed by atoms with Crippen LogP contribution in [0.15, 0.2) is 30.7 Å². The number of hydrogen-bond donors (Lipinski definition) is 1. The summed E-state index contributed by atoms with van der Waals surface area (Å²) in [6.45, 7) is 0. The molecule has 0 amide bonds. The third kappa shape index (κ3) is 2.36. The molecule has 2 aromatic heterocycles. The van der Waals surface area contributed by atoms with Gasteiger partial charge in [0.1, 0.15) is 0 Å². The molecule has 0 saturated carbocycles. The number of carbonyl (C=O) groups is 1. The van der Waals surface area contributed by atoms with E-state index in [1.54, 1.807) is 18.5 Å². The van der Waals surface area contributed by atoms with Crippen LogP contribution in [0.4, 0.5) is 0 Å². The van der Waals surface area contributed by atoms with Gasteiger partial charge in [-0.15, -0.1) is 0 Å². The molecule has 0 atom stereocenters. The summed E-state index contributed by atoms with van der Waals surface area (Å²) in [6, 6.07) is 3.36. The van der Waals surface area contributed by atoms with Crippen molar-refractivity contribution in [3.05, 3.63) is 36.3 Å². The van der Waals surface area contributed by atoms with E-state index in [0.717, 1.165) is 0 Å². The molecule has 0 aliphatic rings. The normalized spacial score (nSPS) is 9.94. The molecular weight excluding hydrogens is 222 g/mol. The molecule has 6 nitrogen and oxygen atoms in total. The van der Waals surface area contributed by atoms with Crippen molar-refractivity contribution in [3.63, 3.8) is 0 Å². The van der Waals surface area contributed by atoms with Gasteiger partial charge in [0.2, 0.25) is 0 Å². The molecule has 0 radical (unpaired) electrons. The molecule has 2 heterocycles. The number of aromatic carboxylic acids is 1. The largest absolute Gasteiger partial charge is 0.478 e. The minimum absolute atomic E-state index is 0.142. The van der Waals surface area contributed by atoms with Gasteiger partial charge in [0.05, 0.1) is 18.4 Å². The van der Waals surface area contributed by atoms with Gasteiger partial charge in [-0.3, -0.25) is 4.98 Å². The highest BCUT2D eigenvalue weighted by Gasteiger charge is 2.05. The zero-order valence-electron chi connectivity index (χ0n) is 8.99. The lowest BCUT2D eigenvalue weighted by Crippen LogP contribution is -1.97. The summed E-state index contributed by atoms with van der Waals surface area (Å²) in [6.07, 6.45) is 4.42. The molecule has 0 saturated heterocycles. The first kappa shape index (κ1) is 11.0. The van der Waals surface area contributed by atoms with Gasteiger partial charge in [0.15, 0.2) is 0 Å². The number of nitrogens with zero attached hydrogens (tertiary/aromatic N) is 3. The zero-order chi connectivity index (χ0) is 12.3. The first-order valence-electron chi connectivity index (χ1n) is 4.76. The molecule has 2 rings (SSSR count). The van der Waals surface area contributed by atoms with Crippen LogP contribution in [0.1, 0.15) is 10.4 Å². The minimum atomic E-state index is -1.00. The van der Waals surface area contributed by atoms with Crippen LogP contribution in [0.25, 0.3) is 11.3 Å². The average Bonchev–Trinajstić information content (AvgIpc) is 2.39. The minimum Gasteiger partial charge on any atom is -0.478 e. The van der Waals surface area contributed by atoms with Gasteiger partial charge in [-0.05, 0) is 12.1 Å². The van der Waals surface area contributed by atoms with E-state index in [1.165, 1.54) is 19.4 Å². The van der Waals surface area contributed by atoms with Crippen molar-refractivity contribution in [2.45, 2.75) is 0 Å². The SMILES string of the molecule is COc1ncc(-c2ccc(C(=O)O)cn2)cn1. The molecule has 0 fully saturated rings. The average molecular weight is 231 g/mol. The fraction of sp³-hybridized carbons (Fsp3) is 0.0909. The predicted octanol–water partition coefficient (Wildman–Crippen LogP) is 1.25. The highest BCUT2D eigenvalue weighted by Crippen LogP contribution is 2.16. The van der Waals surface area contributed by atoms with Crippen molar-refractivity contribution in [2.24, 2.45) is 0 Å². The number of carboxylic acid groups (broad SMARTS) is 1. The molecule has 0 unspecified atom stereocenters. The van der Waals surface area contributed by atoms with Crippen LogP contribution in [-0.4, -0.2) is 33.1 Å². The standard InChI is InChI=1S/C11H9N3O3/c1-17-11-13-5-8(6-14-11)9-3-2-7(4-12-9)10(15)16/h2-6H,1H3,(H,15,16). The summed E-state index contributed by atoms with van der Waals surface area (Å²) in [5.74, 6) is -1.00. The van der Waals surface area contributed by atoms with Crippen molar-refractivity contribution in [2.75, 3.05) is 7.11 Å². The summed E-state index contributed by atoms with van der Waals surface area (Å²) >= 11 is 0. The fourth-order valence-electron chi connectivity index (χ4n) is 1.25. The van der Waals surface area contributed by atoms with Gasteiger partial charge in [0, 0.05) is 24.2 Å². The van der Waals surface area contributed by atoms with E-state index < -0.39 is 5.97 Å². The molecule has 1 N–H and O–H groups in total. The molecule has 0 aliphatic carbocycles. The summed E-state index contributed by atoms with van der Waals surface area (Å²) in [5, 5.41) is 8.73. The molecule has 17 heavy (non-hydrogen) atoms. The Morgan fingerprint density at radius 1 is 1.18 bits per heavy atom. The molecule has 0 aromatic carbocycles. The van der Waals surface area contributed by atoms with Crippen molar-refractivity contribution >= 4 is 5.97 Å². The Bertz CT molecular complexity index is 523. The molecule has 0 bridgehead atoms. The van der Waals surface area contributed by atoms with E-state index in [2.05, 4.69) is 15.0 Å². The van der Waals surface area contributed by atoms with Gasteiger partial charge in [-0.25, -0.2) is 14.8 Å². The van der Waals surface area contributed by atoms with Crippen LogP contribution in [0.3, 0.4) is 0 Å². The molecule has 2 aromatic rings. The second-order valence-corrected chi connectivity index (χ2v) is 3.20. The summed E-state index contributed by atoms with van der Waals surface area (Å²) in [4.78, 5) is 22.6. The lowest BCUT2D eigenvalue weighted by molar-refractivity contribution is 0.0696. The maximum absolute atomic E-state index is 10.7. The van der Waals surface area contributed by atoms with E-state index in [1.807, 2.05) is 0 Å². The molecule has 86 valence electrons. The van der Waals surface area contributed by atoms with Crippen LogP contribution < -0.4 is 4.74 Å². The number of rotatable bonds is 3. The third-order valence-corrected chi connectivity index (χ3v) is 2.12. The van der Waals surface area contributed by atoms with Crippen LogP contribution in [0.5, 0.6) is 6.01 Å². The summed E-state index contributed by atoms with van der Waals surface area (Å²) in [5.41, 5.74) is 1.45. The lowest BCUT2D eigenvalue weighted by Gasteiger charge is -2.01. The Morgan fingerprint density at radius 2 is 1.88 bits per heavy atom. The van der Waals surface area contributed by atoms with Crippen molar-refractivity contribution in [3.8, 4) is 17.3 Å². The van der Waals surface area contributed by atoms with Gasteiger partial charge >= 0.3 is 12.0 Å². The van der Waals surface area contributed by atoms with Gasteiger partial charge < -0.3 is 9.84 Å². The highest BCUT2D eigenvalue weighted by molar-refractivity contribution is 5.87. The van der Waals surface area contributed by atoms with Crippen molar-refractivity contribution in [1.29, 1.82) is 0 Å². The summed E-state index contributed by atoms with van der Waals surface area (Å²) < 4.78 is 4.84. The van der Waals surface area contributed by atoms with E-state index in [4.69, 9.17) is 9.84 Å². The first-order valence-corrected chi connectivity index (χ1v) is 4.76. The van der Waals surface area contributed by atoms with Crippen molar-refractivity contribution < 1.29 is 14.6 Å². The molecule has 0 aliphatic heterocycles. The Labute approximate surface area is 96.9 Å². The Morgan fingerprint density at radius 3 is 2.35 bits per heavy atom. The third-order valence-electron chi connectivity index (χ3n) is 2.12. The van der Waals surface area contributed by atoms with Gasteiger partial charge in [-0.2, -0.15) is 0 Å². The van der Waals surface area contributed by atoms with Crippen LogP contribution in [0, 0.1) is 0 Å². The molecular formula is C11H9N3O3. The summed E-state index contributed by atoms with van der Waals surface area (Å²) in [7, 11) is 1.48. The van der Waals surface area contributed by atoms with Crippen LogP contribution >= 0.6 is 0 Å². The topological polar surface area (TPSA) is 85.2 Å². The quantitative estimate of drug-likeness (QED) is 0.855. The number of pyridine rings is 1. The second kappa shape index (κ2) is 4.56. The maximum atomic E-state index is 10.7. The van der Waals surface area contributed by atoms with Crippen molar-refractivity contribution in [1.82, 2.24) is 15.0 Å². The number of ether oxygens (including phenoxy) is 1. The Balaban J connectivity index is 2.29. The van der Waals surface area contributed by atoms with E-state index >= 15 is 0 Å². The number of carboxylic acids is 1. The Hall–Kier alpha value is -2.50. The zero-order valence-corrected chi connectivity index (χ0v) is 8.99. The predicted molar refractivity (Wildman–Crippen MR) is 58.8 cm³/mol. The molecule has 0 spiro atoms. The van der Waals surface area contributed by atoms with Crippen LogP contribution in [-0.2, 0) is 0 Å². The fourth-order valence-corrected chi connectivity index (χ4v) is 1.25. The molecule has 6 heteroatoms. The first-order chi connectivity index (χ1) is 8.20. The van der Waals surface area contributed by atoms with E-state index in [9.17, 15) is 4.79 Å². The van der Waals surface area contributed by atoms with E-state index in [0.29, 0.717) is 11.3 Å². The Kier molecular flexibility index (Phi) is 2.95. The number of methoxy groups -OCH3 is 1. The monoisotopic (exact) mass is 231 g/mol. The van der Waals surface area contributed by atoms with E-state index in [-0.39, 0.29) is 11.6 Å². The van der Waals surface area contributed by atoms with Gasteiger partial charge in [-0.1, -0.05) is 0 Å². The smallest absolute Gasteiger partial charge is 0.337 e. The van der Waals surface area contributed by atoms with Crippen LogP contribution in [0.2, 0.25) is 0 Å². The number of aromatic nitrogens is 3. The highest BCUT2D eigenvalue weighted by atomic mass is 16.5. The lowest BCUT2D eigenvalue weighted by atomic mass is 10.2. The maximum Gasteiger partial charge on any atom is 0.337 e. The van der Waals surface area contributed by atoms with Gasteiger partial charge in [0.25, 0.3) is 0 Å².